The van der Waals surface area contributed by atoms with E-state index >= 15 is 0 Å². The lowest BCUT2D eigenvalue weighted by molar-refractivity contribution is 0.0697. The van der Waals surface area contributed by atoms with Crippen molar-refractivity contribution in [2.45, 2.75) is 6.92 Å². The van der Waals surface area contributed by atoms with Crippen LogP contribution >= 0.6 is 11.3 Å². The quantitative estimate of drug-likeness (QED) is 0.665. The van der Waals surface area contributed by atoms with Crippen LogP contribution in [0.2, 0.25) is 0 Å². The number of fused-ring (bicyclic) bond motifs is 1. The van der Waals surface area contributed by atoms with Gasteiger partial charge in [-0.3, -0.25) is 0 Å². The van der Waals surface area contributed by atoms with Gasteiger partial charge in [0.2, 0.25) is 0 Å². The zero-order valence-electron chi connectivity index (χ0n) is 11.6. The molecule has 0 aliphatic carbocycles. The Kier molecular flexibility index (Phi) is 3.60. The van der Waals surface area contributed by atoms with Gasteiger partial charge >= 0.3 is 5.97 Å². The Hall–Kier alpha value is -2.73. The summed E-state index contributed by atoms with van der Waals surface area (Å²) >= 11 is 1.35. The molecule has 6 heteroatoms. The average Bonchev–Trinajstić information content (AvgIpc) is 2.83. The highest BCUT2D eigenvalue weighted by Gasteiger charge is 2.10. The molecule has 22 heavy (non-hydrogen) atoms. The molecule has 0 saturated carbocycles. The molecule has 0 bridgehead atoms. The number of hydrogen-bond donors (Lipinski definition) is 2. The number of carboxylic acid groups (broad SMARTS) is 1. The summed E-state index contributed by atoms with van der Waals surface area (Å²) in [5.74, 6) is -0.863. The molecule has 0 saturated heterocycles. The Bertz CT molecular complexity index is 900. The smallest absolute Gasteiger partial charge is 0.335 e. The number of carboxylic acids is 1. The van der Waals surface area contributed by atoms with Crippen LogP contribution in [0.4, 0.5) is 10.7 Å². The first-order valence-corrected chi connectivity index (χ1v) is 7.34. The fourth-order valence-corrected chi connectivity index (χ4v) is 3.00. The molecule has 0 amide bonds. The molecular formula is C16H12N2O3S. The van der Waals surface area contributed by atoms with Gasteiger partial charge in [-0.25, -0.2) is 4.79 Å². The molecule has 3 rings (SSSR count). The van der Waals surface area contributed by atoms with E-state index in [1.807, 2.05) is 24.3 Å². The molecule has 0 aliphatic heterocycles. The van der Waals surface area contributed by atoms with Crippen molar-refractivity contribution in [2.24, 2.45) is 10.2 Å². The summed E-state index contributed by atoms with van der Waals surface area (Å²) in [5, 5.41) is 28.5. The third-order valence-electron chi connectivity index (χ3n) is 3.24. The number of nitrogens with zero attached hydrogens (tertiary/aromatic N) is 2. The van der Waals surface area contributed by atoms with Crippen molar-refractivity contribution in [1.29, 1.82) is 0 Å². The summed E-state index contributed by atoms with van der Waals surface area (Å²) in [6, 6.07) is 12.1. The molecule has 0 aliphatic rings. The number of aromatic carboxylic acids is 1. The van der Waals surface area contributed by atoms with Crippen molar-refractivity contribution in [2.75, 3.05) is 0 Å². The second kappa shape index (κ2) is 5.57. The van der Waals surface area contributed by atoms with E-state index in [2.05, 4.69) is 10.2 Å². The standard InChI is InChI=1S/C16H12N2O3S/c1-9-8-10(16(20)21)6-7-12(9)17-18-15-14(19)11-4-2-3-5-13(11)22-15/h2-8,19H,1H3,(H,20,21). The van der Waals surface area contributed by atoms with Gasteiger partial charge < -0.3 is 10.2 Å². The molecule has 110 valence electrons. The summed E-state index contributed by atoms with van der Waals surface area (Å²) < 4.78 is 0.937. The number of carbonyl (C=O) groups is 1. The predicted octanol–water partition coefficient (Wildman–Crippen LogP) is 5.03. The number of azo groups is 1. The molecule has 1 aromatic heterocycles. The van der Waals surface area contributed by atoms with Gasteiger partial charge in [-0.15, -0.1) is 21.6 Å². The monoisotopic (exact) mass is 312 g/mol. The highest BCUT2D eigenvalue weighted by molar-refractivity contribution is 7.23. The summed E-state index contributed by atoms with van der Waals surface area (Å²) in [6.45, 7) is 1.77. The fourth-order valence-electron chi connectivity index (χ4n) is 2.09. The summed E-state index contributed by atoms with van der Waals surface area (Å²) in [4.78, 5) is 10.9. The first kappa shape index (κ1) is 14.2. The first-order valence-electron chi connectivity index (χ1n) is 6.52. The number of aryl methyl sites for hydroxylation is 1. The van der Waals surface area contributed by atoms with E-state index < -0.39 is 5.97 Å². The van der Waals surface area contributed by atoms with Gasteiger partial charge in [0.25, 0.3) is 0 Å². The number of thiophene rings is 1. The summed E-state index contributed by atoms with van der Waals surface area (Å²) in [5.41, 5.74) is 1.49. The maximum Gasteiger partial charge on any atom is 0.335 e. The molecule has 0 unspecified atom stereocenters. The average molecular weight is 312 g/mol. The van der Waals surface area contributed by atoms with E-state index in [1.165, 1.54) is 17.4 Å². The van der Waals surface area contributed by atoms with Gasteiger partial charge in [0.1, 0.15) is 0 Å². The molecule has 0 spiro atoms. The Morgan fingerprint density at radius 1 is 1.14 bits per heavy atom. The fraction of sp³-hybridized carbons (Fsp3) is 0.0625. The Morgan fingerprint density at radius 2 is 1.91 bits per heavy atom. The van der Waals surface area contributed by atoms with E-state index in [0.717, 1.165) is 10.1 Å². The number of hydrogen-bond acceptors (Lipinski definition) is 5. The van der Waals surface area contributed by atoms with Crippen molar-refractivity contribution >= 4 is 38.1 Å². The van der Waals surface area contributed by atoms with E-state index in [0.29, 0.717) is 16.3 Å². The van der Waals surface area contributed by atoms with E-state index in [1.54, 1.807) is 19.1 Å². The molecule has 1 heterocycles. The van der Waals surface area contributed by atoms with Crippen LogP contribution in [0, 0.1) is 6.92 Å². The lowest BCUT2D eigenvalue weighted by Gasteiger charge is -2.00. The Balaban J connectivity index is 1.96. The lowest BCUT2D eigenvalue weighted by Crippen LogP contribution is -1.95. The normalized spacial score (nSPS) is 11.3. The summed E-state index contributed by atoms with van der Waals surface area (Å²) in [7, 11) is 0. The third-order valence-corrected chi connectivity index (χ3v) is 4.29. The lowest BCUT2D eigenvalue weighted by atomic mass is 10.1. The van der Waals surface area contributed by atoms with Crippen LogP contribution in [0.15, 0.2) is 52.7 Å². The van der Waals surface area contributed by atoms with Crippen LogP contribution in [0.1, 0.15) is 15.9 Å². The molecule has 5 nitrogen and oxygen atoms in total. The van der Waals surface area contributed by atoms with Gasteiger partial charge in [-0.2, -0.15) is 0 Å². The first-order chi connectivity index (χ1) is 10.6. The Morgan fingerprint density at radius 3 is 2.59 bits per heavy atom. The maximum absolute atomic E-state index is 10.9. The maximum atomic E-state index is 10.9. The minimum Gasteiger partial charge on any atom is -0.504 e. The van der Waals surface area contributed by atoms with Crippen molar-refractivity contribution in [3.63, 3.8) is 0 Å². The van der Waals surface area contributed by atoms with Gasteiger partial charge in [-0.1, -0.05) is 12.1 Å². The van der Waals surface area contributed by atoms with Crippen LogP contribution < -0.4 is 0 Å². The SMILES string of the molecule is Cc1cc(C(=O)O)ccc1N=Nc1sc2ccccc2c1O. The number of aromatic hydroxyl groups is 1. The number of rotatable bonds is 3. The minimum absolute atomic E-state index is 0.115. The molecule has 0 atom stereocenters. The molecule has 0 radical (unpaired) electrons. The topological polar surface area (TPSA) is 82.2 Å². The molecule has 0 fully saturated rings. The van der Waals surface area contributed by atoms with Crippen LogP contribution in [0.25, 0.3) is 10.1 Å². The van der Waals surface area contributed by atoms with Gasteiger partial charge in [-0.05, 0) is 42.8 Å². The van der Waals surface area contributed by atoms with Crippen LogP contribution in [0.5, 0.6) is 5.75 Å². The highest BCUT2D eigenvalue weighted by Crippen LogP contribution is 2.43. The van der Waals surface area contributed by atoms with Gasteiger partial charge in [0, 0.05) is 10.1 Å². The molecule has 2 aromatic carbocycles. The van der Waals surface area contributed by atoms with Crippen LogP contribution in [-0.4, -0.2) is 16.2 Å². The van der Waals surface area contributed by atoms with Crippen molar-refractivity contribution in [3.8, 4) is 5.75 Å². The van der Waals surface area contributed by atoms with Crippen molar-refractivity contribution < 1.29 is 15.0 Å². The van der Waals surface area contributed by atoms with Crippen molar-refractivity contribution in [1.82, 2.24) is 0 Å². The van der Waals surface area contributed by atoms with E-state index in [4.69, 9.17) is 5.11 Å². The van der Waals surface area contributed by atoms with Crippen LogP contribution in [-0.2, 0) is 0 Å². The third kappa shape index (κ3) is 2.56. The Labute approximate surface area is 130 Å². The zero-order chi connectivity index (χ0) is 15.7. The van der Waals surface area contributed by atoms with E-state index in [9.17, 15) is 9.90 Å². The van der Waals surface area contributed by atoms with Gasteiger partial charge in [0.05, 0.1) is 11.3 Å². The predicted molar refractivity (Wildman–Crippen MR) is 85.8 cm³/mol. The zero-order valence-corrected chi connectivity index (χ0v) is 12.5. The second-order valence-electron chi connectivity index (χ2n) is 4.76. The van der Waals surface area contributed by atoms with Crippen LogP contribution in [0.3, 0.4) is 0 Å². The molecular weight excluding hydrogens is 300 g/mol. The van der Waals surface area contributed by atoms with E-state index in [-0.39, 0.29) is 11.3 Å². The summed E-state index contributed by atoms with van der Waals surface area (Å²) in [6.07, 6.45) is 0. The van der Waals surface area contributed by atoms with Gasteiger partial charge in [0.15, 0.2) is 10.8 Å². The molecule has 3 aromatic rings. The molecule has 2 N–H and O–H groups in total. The minimum atomic E-state index is -0.978. The number of benzene rings is 2. The highest BCUT2D eigenvalue weighted by atomic mass is 32.1. The second-order valence-corrected chi connectivity index (χ2v) is 5.79. The largest absolute Gasteiger partial charge is 0.504 e. The van der Waals surface area contributed by atoms with Crippen molar-refractivity contribution in [3.05, 3.63) is 53.6 Å².